The average Bonchev–Trinajstić information content (AvgIpc) is 3.42. The van der Waals surface area contributed by atoms with Gasteiger partial charge in [0, 0.05) is 37.1 Å². The van der Waals surface area contributed by atoms with Gasteiger partial charge in [0.15, 0.2) is 9.84 Å². The first-order valence-corrected chi connectivity index (χ1v) is 12.5. The molecule has 1 aromatic carbocycles. The zero-order valence-corrected chi connectivity index (χ0v) is 18.7. The molecule has 0 aliphatic carbocycles. The monoisotopic (exact) mass is 441 g/mol. The molecule has 164 valence electrons. The Labute approximate surface area is 181 Å². The molecule has 1 amide bonds. The topological polar surface area (TPSA) is 91.3 Å². The lowest BCUT2D eigenvalue weighted by Crippen LogP contribution is -2.49. The number of benzene rings is 1. The maximum Gasteiger partial charge on any atom is 0.270 e. The van der Waals surface area contributed by atoms with Gasteiger partial charge in [0.25, 0.3) is 5.91 Å². The summed E-state index contributed by atoms with van der Waals surface area (Å²) in [5.74, 6) is 0.428. The summed E-state index contributed by atoms with van der Waals surface area (Å²) in [6.45, 7) is 6.71. The number of para-hydroxylation sites is 1. The second kappa shape index (κ2) is 7.40. The molecule has 8 nitrogen and oxygen atoms in total. The van der Waals surface area contributed by atoms with E-state index < -0.39 is 9.84 Å². The molecule has 0 radical (unpaired) electrons. The minimum atomic E-state index is -2.96. The number of carbonyl (C=O) groups is 1. The van der Waals surface area contributed by atoms with Crippen molar-refractivity contribution >= 4 is 32.3 Å². The fraction of sp³-hybridized carbons (Fsp3) is 0.455. The number of rotatable bonds is 3. The highest BCUT2D eigenvalue weighted by Crippen LogP contribution is 2.32. The van der Waals surface area contributed by atoms with Gasteiger partial charge in [-0.05, 0) is 32.4 Å². The van der Waals surface area contributed by atoms with Crippen LogP contribution in [0.25, 0.3) is 10.9 Å². The molecule has 2 fully saturated rings. The van der Waals surface area contributed by atoms with E-state index in [0.29, 0.717) is 25.2 Å². The van der Waals surface area contributed by atoms with E-state index in [4.69, 9.17) is 0 Å². The van der Waals surface area contributed by atoms with Crippen LogP contribution in [0.5, 0.6) is 0 Å². The number of fused-ring (bicyclic) bond motifs is 1. The van der Waals surface area contributed by atoms with E-state index in [9.17, 15) is 13.2 Å². The fourth-order valence-corrected chi connectivity index (χ4v) is 6.62. The maximum absolute atomic E-state index is 13.0. The van der Waals surface area contributed by atoms with Crippen molar-refractivity contribution in [3.8, 4) is 0 Å². The van der Waals surface area contributed by atoms with Gasteiger partial charge in [-0.1, -0.05) is 18.2 Å². The summed E-state index contributed by atoms with van der Waals surface area (Å²) < 4.78 is 25.7. The second-order valence-corrected chi connectivity index (χ2v) is 10.8. The molecule has 31 heavy (non-hydrogen) atoms. The number of amides is 1. The predicted molar refractivity (Wildman–Crippen MR) is 120 cm³/mol. The third-order valence-electron chi connectivity index (χ3n) is 6.48. The van der Waals surface area contributed by atoms with Gasteiger partial charge in [0.1, 0.15) is 5.69 Å². The normalized spacial score (nSPS) is 21.2. The van der Waals surface area contributed by atoms with Gasteiger partial charge < -0.3 is 14.8 Å². The summed E-state index contributed by atoms with van der Waals surface area (Å²) in [7, 11) is -2.96. The molecule has 1 atom stereocenters. The molecule has 5 rings (SSSR count). The molecular weight excluding hydrogens is 414 g/mol. The van der Waals surface area contributed by atoms with Crippen LogP contribution in [0.4, 0.5) is 5.69 Å². The lowest BCUT2D eigenvalue weighted by Gasteiger charge is -2.36. The largest absolute Gasteiger partial charge is 0.365 e. The zero-order chi connectivity index (χ0) is 21.8. The Hall–Kier alpha value is -2.81. The first-order valence-electron chi connectivity index (χ1n) is 10.7. The molecule has 1 N–H and O–H groups in total. The minimum absolute atomic E-state index is 0.0242. The minimum Gasteiger partial charge on any atom is -0.365 e. The summed E-state index contributed by atoms with van der Waals surface area (Å²) >= 11 is 0. The van der Waals surface area contributed by atoms with E-state index >= 15 is 0 Å². The quantitative estimate of drug-likeness (QED) is 0.674. The molecule has 2 saturated heterocycles. The smallest absolute Gasteiger partial charge is 0.270 e. The third kappa shape index (κ3) is 3.60. The summed E-state index contributed by atoms with van der Waals surface area (Å²) in [6, 6.07) is 9.73. The highest BCUT2D eigenvalue weighted by atomic mass is 32.2. The van der Waals surface area contributed by atoms with E-state index in [-0.39, 0.29) is 23.5 Å². The molecule has 0 saturated carbocycles. The van der Waals surface area contributed by atoms with Crippen LogP contribution in [0.15, 0.2) is 30.3 Å². The molecule has 2 aromatic heterocycles. The lowest BCUT2D eigenvalue weighted by atomic mass is 10.2. The van der Waals surface area contributed by atoms with Crippen LogP contribution in [0.1, 0.15) is 34.3 Å². The first kappa shape index (κ1) is 20.1. The molecule has 9 heteroatoms. The van der Waals surface area contributed by atoms with Crippen LogP contribution >= 0.6 is 0 Å². The van der Waals surface area contributed by atoms with Crippen molar-refractivity contribution in [3.63, 3.8) is 0 Å². The summed E-state index contributed by atoms with van der Waals surface area (Å²) in [5, 5.41) is 5.72. The van der Waals surface area contributed by atoms with E-state index in [1.54, 1.807) is 0 Å². The molecular formula is C22H27N5O3S. The highest BCUT2D eigenvalue weighted by molar-refractivity contribution is 7.91. The number of aromatic nitrogens is 3. The summed E-state index contributed by atoms with van der Waals surface area (Å²) in [6.07, 6.45) is 0.622. The molecule has 2 aliphatic heterocycles. The van der Waals surface area contributed by atoms with Gasteiger partial charge in [-0.15, -0.1) is 0 Å². The number of H-pyrrole nitrogens is 1. The number of hydrogen-bond donors (Lipinski definition) is 1. The van der Waals surface area contributed by atoms with Gasteiger partial charge >= 0.3 is 0 Å². The van der Waals surface area contributed by atoms with Crippen molar-refractivity contribution in [2.24, 2.45) is 0 Å². The Morgan fingerprint density at radius 2 is 1.87 bits per heavy atom. The molecule has 4 heterocycles. The lowest BCUT2D eigenvalue weighted by molar-refractivity contribution is 0.0742. The third-order valence-corrected chi connectivity index (χ3v) is 8.23. The number of nitrogens with zero attached hydrogens (tertiary/aromatic N) is 4. The molecule has 0 spiro atoms. The van der Waals surface area contributed by atoms with Gasteiger partial charge in [0.2, 0.25) is 0 Å². The summed E-state index contributed by atoms with van der Waals surface area (Å²) in [4.78, 5) is 20.4. The van der Waals surface area contributed by atoms with Crippen molar-refractivity contribution < 1.29 is 13.2 Å². The van der Waals surface area contributed by atoms with Crippen LogP contribution in [0.3, 0.4) is 0 Å². The maximum atomic E-state index is 13.0. The molecule has 0 bridgehead atoms. The number of anilines is 1. The molecule has 2 aliphatic rings. The van der Waals surface area contributed by atoms with Crippen LogP contribution in [-0.4, -0.2) is 71.7 Å². The van der Waals surface area contributed by atoms with Crippen molar-refractivity contribution in [3.05, 3.63) is 47.4 Å². The Kier molecular flexibility index (Phi) is 4.80. The molecule has 3 aromatic rings. The van der Waals surface area contributed by atoms with E-state index in [2.05, 4.69) is 15.0 Å². The van der Waals surface area contributed by atoms with Crippen molar-refractivity contribution in [2.45, 2.75) is 26.3 Å². The fourth-order valence-electron chi connectivity index (χ4n) is 4.93. The molecule has 1 unspecified atom stereocenters. The zero-order valence-electron chi connectivity index (χ0n) is 17.8. The highest BCUT2D eigenvalue weighted by Gasteiger charge is 2.33. The Bertz CT molecular complexity index is 1220. The van der Waals surface area contributed by atoms with Gasteiger partial charge in [-0.2, -0.15) is 5.10 Å². The standard InChI is InChI=1S/C22H27N5O3S/c1-15-21(16(2)27(24-15)18-7-12-31(29,30)14-18)25-8-10-26(11-9-25)22(28)20-13-17-5-3-4-6-19(17)23-20/h3-6,13,18,23H,7-12,14H2,1-2H3. The average molecular weight is 442 g/mol. The Balaban J connectivity index is 1.30. The van der Waals surface area contributed by atoms with Gasteiger partial charge in [-0.25, -0.2) is 8.42 Å². The number of hydrogen-bond acceptors (Lipinski definition) is 5. The van der Waals surface area contributed by atoms with E-state index in [0.717, 1.165) is 41.1 Å². The Morgan fingerprint density at radius 3 is 2.55 bits per heavy atom. The number of carbonyl (C=O) groups excluding carboxylic acids is 1. The SMILES string of the molecule is Cc1nn(C2CCS(=O)(=O)C2)c(C)c1N1CCN(C(=O)c2cc3ccccc3[nH]2)CC1. The van der Waals surface area contributed by atoms with Crippen LogP contribution in [-0.2, 0) is 9.84 Å². The van der Waals surface area contributed by atoms with Crippen molar-refractivity contribution in [1.82, 2.24) is 19.7 Å². The number of aryl methyl sites for hydroxylation is 1. The van der Waals surface area contributed by atoms with E-state index in [1.165, 1.54) is 0 Å². The first-order chi connectivity index (χ1) is 14.8. The van der Waals surface area contributed by atoms with Crippen molar-refractivity contribution in [2.75, 3.05) is 42.6 Å². The van der Waals surface area contributed by atoms with E-state index in [1.807, 2.05) is 53.8 Å². The second-order valence-electron chi connectivity index (χ2n) is 8.57. The van der Waals surface area contributed by atoms with Gasteiger partial charge in [0.05, 0.1) is 34.6 Å². The van der Waals surface area contributed by atoms with Crippen LogP contribution in [0, 0.1) is 13.8 Å². The van der Waals surface area contributed by atoms with Crippen LogP contribution in [0.2, 0.25) is 0 Å². The Morgan fingerprint density at radius 1 is 1.13 bits per heavy atom. The number of aromatic amines is 1. The summed E-state index contributed by atoms with van der Waals surface area (Å²) in [5.41, 5.74) is 4.59. The predicted octanol–water partition coefficient (Wildman–Crippen LogP) is 2.30. The van der Waals surface area contributed by atoms with Crippen LogP contribution < -0.4 is 4.90 Å². The van der Waals surface area contributed by atoms with Gasteiger partial charge in [-0.3, -0.25) is 9.48 Å². The van der Waals surface area contributed by atoms with Crippen molar-refractivity contribution in [1.29, 1.82) is 0 Å². The number of piperazine rings is 1. The number of nitrogens with one attached hydrogen (secondary N) is 1. The number of sulfone groups is 1.